The summed E-state index contributed by atoms with van der Waals surface area (Å²) < 4.78 is 0. The molecule has 2 aromatic carbocycles. The van der Waals surface area contributed by atoms with Crippen LogP contribution in [0, 0.1) is 5.92 Å². The number of carbonyl (C=O) groups excluding carboxylic acids is 1. The summed E-state index contributed by atoms with van der Waals surface area (Å²) in [6.07, 6.45) is 0.837. The largest absolute Gasteiger partial charge is 0.321 e. The monoisotopic (exact) mass is 326 g/mol. The number of carbonyl (C=O) groups is 1. The van der Waals surface area contributed by atoms with E-state index >= 15 is 0 Å². The third kappa shape index (κ3) is 4.04. The van der Waals surface area contributed by atoms with Gasteiger partial charge in [0.25, 0.3) is 0 Å². The van der Waals surface area contributed by atoms with Crippen LogP contribution in [0.4, 0.5) is 10.5 Å². The molecule has 0 aromatic heterocycles. The molecule has 3 rings (SSSR count). The van der Waals surface area contributed by atoms with Crippen LogP contribution in [-0.2, 0) is 0 Å². The Labute approximate surface area is 143 Å². The van der Waals surface area contributed by atoms with Gasteiger partial charge in [-0.15, -0.1) is 0 Å². The number of anilines is 1. The third-order valence-corrected chi connectivity index (χ3v) is 4.53. The molecule has 0 saturated carbocycles. The van der Waals surface area contributed by atoms with Crippen LogP contribution in [-0.4, -0.2) is 24.4 Å². The maximum absolute atomic E-state index is 12.3. The highest BCUT2D eigenvalue weighted by atomic mass is 16.2. The molecule has 4 N–H and O–H groups in total. The summed E-state index contributed by atoms with van der Waals surface area (Å²) in [4.78, 5) is 12.3. The molecule has 3 unspecified atom stereocenters. The molecule has 0 bridgehead atoms. The van der Waals surface area contributed by atoms with E-state index in [0.29, 0.717) is 18.0 Å². The molecule has 3 atom stereocenters. The van der Waals surface area contributed by atoms with Crippen molar-refractivity contribution in [2.45, 2.75) is 45.6 Å². The minimum atomic E-state index is -0.221. The second-order valence-electron chi connectivity index (χ2n) is 6.91. The first-order chi connectivity index (χ1) is 11.5. The first-order valence-electron chi connectivity index (χ1n) is 8.59. The molecule has 5 heteroatoms. The van der Waals surface area contributed by atoms with Crippen LogP contribution in [0.15, 0.2) is 42.5 Å². The van der Waals surface area contributed by atoms with Crippen LogP contribution in [0.1, 0.15) is 27.2 Å². The average Bonchev–Trinajstić information content (AvgIpc) is 2.54. The lowest BCUT2D eigenvalue weighted by Crippen LogP contribution is -2.65. The summed E-state index contributed by atoms with van der Waals surface area (Å²) >= 11 is 0. The molecular weight excluding hydrogens is 300 g/mol. The maximum atomic E-state index is 12.3. The molecule has 5 nitrogen and oxygen atoms in total. The number of amides is 2. The minimum absolute atomic E-state index is 0.216. The fourth-order valence-corrected chi connectivity index (χ4v) is 3.18. The molecule has 1 saturated heterocycles. The topological polar surface area (TPSA) is 65.2 Å². The van der Waals surface area contributed by atoms with Gasteiger partial charge < -0.3 is 10.6 Å². The minimum Gasteiger partial charge on any atom is -0.310 e. The molecule has 1 fully saturated rings. The van der Waals surface area contributed by atoms with Crippen LogP contribution in [0.5, 0.6) is 0 Å². The van der Waals surface area contributed by atoms with E-state index in [0.717, 1.165) is 22.9 Å². The maximum Gasteiger partial charge on any atom is 0.321 e. The van der Waals surface area contributed by atoms with E-state index in [9.17, 15) is 4.79 Å². The fraction of sp³-hybridized carbons (Fsp3) is 0.421. The van der Waals surface area contributed by atoms with E-state index in [1.165, 1.54) is 0 Å². The van der Waals surface area contributed by atoms with Crippen LogP contribution in [0.3, 0.4) is 0 Å². The van der Waals surface area contributed by atoms with Crippen molar-refractivity contribution in [2.75, 3.05) is 5.32 Å². The van der Waals surface area contributed by atoms with E-state index in [1.54, 1.807) is 0 Å². The van der Waals surface area contributed by atoms with Gasteiger partial charge in [0.1, 0.15) is 6.29 Å². The molecule has 0 spiro atoms. The lowest BCUT2D eigenvalue weighted by Gasteiger charge is -2.38. The fourth-order valence-electron chi connectivity index (χ4n) is 3.18. The Morgan fingerprint density at radius 1 is 1.12 bits per heavy atom. The van der Waals surface area contributed by atoms with Crippen LogP contribution >= 0.6 is 0 Å². The Balaban J connectivity index is 1.61. The van der Waals surface area contributed by atoms with Crippen molar-refractivity contribution < 1.29 is 4.79 Å². The molecule has 128 valence electrons. The zero-order valence-corrected chi connectivity index (χ0v) is 14.5. The Morgan fingerprint density at radius 2 is 1.88 bits per heavy atom. The number of benzene rings is 2. The predicted octanol–water partition coefficient (Wildman–Crippen LogP) is 3.24. The van der Waals surface area contributed by atoms with Crippen molar-refractivity contribution in [3.63, 3.8) is 0 Å². The quantitative estimate of drug-likeness (QED) is 0.700. The smallest absolute Gasteiger partial charge is 0.310 e. The molecule has 1 heterocycles. The average molecular weight is 326 g/mol. The Morgan fingerprint density at radius 3 is 2.62 bits per heavy atom. The summed E-state index contributed by atoms with van der Waals surface area (Å²) in [6.45, 7) is 6.54. The SMILES string of the molecule is CC1CC(C(C)C)NC(NC(=O)Nc2ccc3ccccc3c2)N1. The first-order valence-corrected chi connectivity index (χ1v) is 8.59. The van der Waals surface area contributed by atoms with Crippen molar-refractivity contribution in [1.82, 2.24) is 16.0 Å². The second-order valence-corrected chi connectivity index (χ2v) is 6.91. The van der Waals surface area contributed by atoms with E-state index < -0.39 is 0 Å². The van der Waals surface area contributed by atoms with Gasteiger partial charge in [-0.25, -0.2) is 4.79 Å². The lowest BCUT2D eigenvalue weighted by molar-refractivity contribution is 0.187. The lowest BCUT2D eigenvalue weighted by atomic mass is 9.95. The molecule has 0 radical (unpaired) electrons. The summed E-state index contributed by atoms with van der Waals surface area (Å²) in [7, 11) is 0. The van der Waals surface area contributed by atoms with Gasteiger partial charge in [-0.2, -0.15) is 0 Å². The van der Waals surface area contributed by atoms with Crippen LogP contribution in [0.2, 0.25) is 0 Å². The highest BCUT2D eigenvalue weighted by Gasteiger charge is 2.27. The van der Waals surface area contributed by atoms with E-state index in [2.05, 4.69) is 48.1 Å². The number of hydrogen-bond donors (Lipinski definition) is 4. The Kier molecular flexibility index (Phi) is 5.02. The summed E-state index contributed by atoms with van der Waals surface area (Å²) in [6, 6.07) is 14.6. The molecular formula is C19H26N4O. The number of urea groups is 1. The summed E-state index contributed by atoms with van der Waals surface area (Å²) in [5.41, 5.74) is 0.787. The van der Waals surface area contributed by atoms with Crippen molar-refractivity contribution in [2.24, 2.45) is 5.92 Å². The van der Waals surface area contributed by atoms with Gasteiger partial charge in [0.2, 0.25) is 0 Å². The normalized spacial score (nSPS) is 24.1. The number of fused-ring (bicyclic) bond motifs is 1. The zero-order chi connectivity index (χ0) is 17.1. The Hall–Kier alpha value is -2.11. The molecule has 2 amide bonds. The highest BCUT2D eigenvalue weighted by Crippen LogP contribution is 2.19. The zero-order valence-electron chi connectivity index (χ0n) is 14.5. The molecule has 1 aliphatic heterocycles. The van der Waals surface area contributed by atoms with Crippen molar-refractivity contribution >= 4 is 22.5 Å². The van der Waals surface area contributed by atoms with Gasteiger partial charge in [-0.3, -0.25) is 10.6 Å². The predicted molar refractivity (Wildman–Crippen MR) is 98.9 cm³/mol. The van der Waals surface area contributed by atoms with Crippen molar-refractivity contribution in [1.29, 1.82) is 0 Å². The van der Waals surface area contributed by atoms with Gasteiger partial charge in [-0.05, 0) is 42.2 Å². The molecule has 24 heavy (non-hydrogen) atoms. The second kappa shape index (κ2) is 7.20. The summed E-state index contributed by atoms with van der Waals surface area (Å²) in [5, 5.41) is 14.9. The van der Waals surface area contributed by atoms with Crippen LogP contribution in [0.25, 0.3) is 10.8 Å². The first kappa shape index (κ1) is 16.7. The number of hydrogen-bond acceptors (Lipinski definition) is 3. The van der Waals surface area contributed by atoms with Crippen LogP contribution < -0.4 is 21.3 Å². The van der Waals surface area contributed by atoms with E-state index in [1.807, 2.05) is 36.4 Å². The van der Waals surface area contributed by atoms with Crippen molar-refractivity contribution in [3.8, 4) is 0 Å². The van der Waals surface area contributed by atoms with Crippen molar-refractivity contribution in [3.05, 3.63) is 42.5 Å². The molecule has 0 aliphatic carbocycles. The van der Waals surface area contributed by atoms with Gasteiger partial charge in [0.05, 0.1) is 0 Å². The summed E-state index contributed by atoms with van der Waals surface area (Å²) in [5.74, 6) is 0.530. The van der Waals surface area contributed by atoms with Gasteiger partial charge in [-0.1, -0.05) is 44.2 Å². The van der Waals surface area contributed by atoms with Gasteiger partial charge >= 0.3 is 6.03 Å². The van der Waals surface area contributed by atoms with Gasteiger partial charge in [0, 0.05) is 17.8 Å². The highest BCUT2D eigenvalue weighted by molar-refractivity contribution is 5.93. The molecule has 2 aromatic rings. The van der Waals surface area contributed by atoms with Gasteiger partial charge in [0.15, 0.2) is 0 Å². The number of rotatable bonds is 3. The van der Waals surface area contributed by atoms with E-state index in [4.69, 9.17) is 0 Å². The third-order valence-electron chi connectivity index (χ3n) is 4.53. The Bertz CT molecular complexity index is 715. The standard InChI is InChI=1S/C19H26N4O/c1-12(2)17-10-13(3)20-18(22-17)23-19(24)21-16-9-8-14-6-4-5-7-15(14)11-16/h4-9,11-13,17-18,20,22H,10H2,1-3H3,(H2,21,23,24). The molecule has 1 aliphatic rings. The van der Waals surface area contributed by atoms with E-state index in [-0.39, 0.29) is 12.3 Å². The number of nitrogens with one attached hydrogen (secondary N) is 4.